The van der Waals surface area contributed by atoms with Crippen LogP contribution in [0.4, 0.5) is 0 Å². The number of benzene rings is 1. The largest absolute Gasteiger partial charge is 0.396 e. The van der Waals surface area contributed by atoms with Gasteiger partial charge in [-0.05, 0) is 162 Å². The van der Waals surface area contributed by atoms with E-state index in [9.17, 15) is 30.6 Å². The number of carbonyl (C=O) groups excluding carboxylic acids is 1. The van der Waals surface area contributed by atoms with E-state index in [0.29, 0.717) is 31.6 Å². The predicted molar refractivity (Wildman–Crippen MR) is 215 cm³/mol. The zero-order valence-electron chi connectivity index (χ0n) is 34.3. The Morgan fingerprint density at radius 3 is 2.39 bits per heavy atom. The molecule has 0 saturated heterocycles. The number of rotatable bonds is 4. The molecule has 0 aliphatic heterocycles. The lowest BCUT2D eigenvalue weighted by Crippen LogP contribution is -2.77. The number of ketones is 1. The van der Waals surface area contributed by atoms with Crippen molar-refractivity contribution in [3.8, 4) is 0 Å². The van der Waals surface area contributed by atoms with Crippen LogP contribution in [-0.4, -0.2) is 67.4 Å². The molecule has 0 aromatic heterocycles. The molecule has 304 valence electrons. The molecule has 16 unspecified atom stereocenters. The maximum atomic E-state index is 16.0. The predicted octanol–water partition coefficient (Wildman–Crippen LogP) is 5.28. The summed E-state index contributed by atoms with van der Waals surface area (Å²) in [6.45, 7) is 10.3. The molecule has 2 bridgehead atoms. The molecule has 7 nitrogen and oxygen atoms in total. The average molecular weight is 767 g/mol. The van der Waals surface area contributed by atoms with Crippen molar-refractivity contribution in [1.29, 1.82) is 0 Å². The van der Waals surface area contributed by atoms with Crippen LogP contribution in [-0.2, 0) is 4.79 Å². The van der Waals surface area contributed by atoms with Crippen LogP contribution in [0.1, 0.15) is 123 Å². The van der Waals surface area contributed by atoms with Crippen molar-refractivity contribution in [1.82, 2.24) is 0 Å². The minimum absolute atomic E-state index is 0.0334. The molecule has 16 atom stereocenters. The van der Waals surface area contributed by atoms with Crippen molar-refractivity contribution in [3.05, 3.63) is 58.0 Å². The molecule has 9 aliphatic carbocycles. The number of aliphatic hydroxyl groups excluding tert-OH is 5. The van der Waals surface area contributed by atoms with Gasteiger partial charge in [0.2, 0.25) is 0 Å². The fourth-order valence-corrected chi connectivity index (χ4v) is 18.1. The van der Waals surface area contributed by atoms with Crippen LogP contribution in [0.3, 0.4) is 0 Å². The van der Waals surface area contributed by atoms with E-state index < -0.39 is 63.5 Å². The molecule has 7 heteroatoms. The maximum absolute atomic E-state index is 16.0. The highest BCUT2D eigenvalue weighted by atomic mass is 16.3. The van der Waals surface area contributed by atoms with Gasteiger partial charge >= 0.3 is 0 Å². The van der Waals surface area contributed by atoms with E-state index in [-0.39, 0.29) is 46.9 Å². The van der Waals surface area contributed by atoms with Crippen molar-refractivity contribution in [2.24, 2.45) is 73.4 Å². The van der Waals surface area contributed by atoms with Gasteiger partial charge in [-0.2, -0.15) is 0 Å². The van der Waals surface area contributed by atoms with Crippen LogP contribution in [0.15, 0.2) is 42.0 Å². The smallest absolute Gasteiger partial charge is 0.159 e. The first-order valence-corrected chi connectivity index (χ1v) is 22.2. The van der Waals surface area contributed by atoms with Gasteiger partial charge in [-0.15, -0.1) is 0 Å². The lowest BCUT2D eigenvalue weighted by molar-refractivity contribution is -0.284. The quantitative estimate of drug-likeness (QED) is 0.230. The van der Waals surface area contributed by atoms with E-state index in [1.165, 1.54) is 5.57 Å². The van der Waals surface area contributed by atoms with Crippen LogP contribution in [0.2, 0.25) is 0 Å². The number of allylic oxidation sites excluding steroid dienone is 3. The van der Waals surface area contributed by atoms with Gasteiger partial charge in [0.1, 0.15) is 0 Å². The van der Waals surface area contributed by atoms with Gasteiger partial charge < -0.3 is 30.6 Å². The van der Waals surface area contributed by atoms with Gasteiger partial charge in [0, 0.05) is 16.7 Å². The zero-order valence-corrected chi connectivity index (χ0v) is 34.3. The van der Waals surface area contributed by atoms with Crippen molar-refractivity contribution >= 4 is 17.9 Å². The Labute approximate surface area is 332 Å². The molecule has 1 aromatic rings. The fraction of sp³-hybridized carbons (Fsp3) is 0.735. The molecule has 6 N–H and O–H groups in total. The summed E-state index contributed by atoms with van der Waals surface area (Å²) in [5.74, 6) is -0.287. The standard InChI is InChI=1S/C49H66O7/c1-28(52)29-8-9-30-20-31-10-15-45-16-12-38-44(5,40(55)24-50)39(54)13-18-48(38,34(31)21-32(30)19-29)41(45)37(53)22-35-36-23-42(2,3)25-46-14-6-7-33(46)11-17-47(56,26-43(35,45)4)49(36,46)27-51/h8-9,11,17,19-22,28,31,33-34,36,38-41,50-52,54-56H,6-7,10,12-16,18,23-27H2,1-5H3. The van der Waals surface area contributed by atoms with Crippen molar-refractivity contribution < 1.29 is 35.4 Å². The van der Waals surface area contributed by atoms with Gasteiger partial charge in [0.05, 0.1) is 37.1 Å². The minimum Gasteiger partial charge on any atom is -0.396 e. The third-order valence-electron chi connectivity index (χ3n) is 20.0. The molecule has 0 radical (unpaired) electrons. The molecular weight excluding hydrogens is 701 g/mol. The highest BCUT2D eigenvalue weighted by molar-refractivity contribution is 5.96. The summed E-state index contributed by atoms with van der Waals surface area (Å²) < 4.78 is 0. The normalized spacial score (nSPS) is 51.4. The first-order valence-electron chi connectivity index (χ1n) is 22.2. The van der Waals surface area contributed by atoms with E-state index in [0.717, 1.165) is 67.4 Å². The van der Waals surface area contributed by atoms with Gasteiger partial charge in [-0.3, -0.25) is 4.79 Å². The number of hydrogen-bond acceptors (Lipinski definition) is 7. The lowest BCUT2D eigenvalue weighted by atomic mass is 9.27. The Bertz CT molecular complexity index is 2040. The lowest BCUT2D eigenvalue weighted by Gasteiger charge is -2.77. The van der Waals surface area contributed by atoms with Crippen molar-refractivity contribution in [2.75, 3.05) is 13.2 Å². The SMILES string of the molecule is CC(O)c1ccc2c(c1)=CC1C(C=2)CCC23CCC4C(C)(C(O)CO)C(O)CCC14C2C(=O)C=C1C2CC(C)(C)CC45CCCC4C=CC(O)(CC13C)C25CO. The monoisotopic (exact) mass is 766 g/mol. The van der Waals surface area contributed by atoms with Crippen LogP contribution < -0.4 is 10.4 Å². The summed E-state index contributed by atoms with van der Waals surface area (Å²) in [4.78, 5) is 16.0. The summed E-state index contributed by atoms with van der Waals surface area (Å²) in [7, 11) is 0. The second-order valence-electron chi connectivity index (χ2n) is 22.2. The fourth-order valence-electron chi connectivity index (χ4n) is 18.1. The molecule has 10 rings (SSSR count). The topological polar surface area (TPSA) is 138 Å². The summed E-state index contributed by atoms with van der Waals surface area (Å²) in [5.41, 5.74) is -2.97. The number of hydrogen-bond donors (Lipinski definition) is 6. The van der Waals surface area contributed by atoms with Crippen LogP contribution in [0.5, 0.6) is 0 Å². The van der Waals surface area contributed by atoms with Gasteiger partial charge in [-0.1, -0.05) is 76.1 Å². The molecule has 2 spiro atoms. The Balaban J connectivity index is 1.24. The summed E-state index contributed by atoms with van der Waals surface area (Å²) in [5, 5.41) is 72.8. The van der Waals surface area contributed by atoms with Gasteiger partial charge in [0.15, 0.2) is 5.78 Å². The number of aliphatic hydroxyl groups is 6. The summed E-state index contributed by atoms with van der Waals surface area (Å²) in [6.07, 6.45) is 18.3. The van der Waals surface area contributed by atoms with E-state index in [2.05, 4.69) is 57.2 Å². The average Bonchev–Trinajstić information content (AvgIpc) is 3.53. The molecule has 0 heterocycles. The van der Waals surface area contributed by atoms with E-state index in [1.807, 2.05) is 19.1 Å². The molecule has 56 heavy (non-hydrogen) atoms. The Kier molecular flexibility index (Phi) is 8.02. The van der Waals surface area contributed by atoms with Crippen molar-refractivity contribution in [3.63, 3.8) is 0 Å². The van der Waals surface area contributed by atoms with E-state index in [1.54, 1.807) is 6.92 Å². The highest BCUT2D eigenvalue weighted by Gasteiger charge is 2.81. The molecule has 6 saturated carbocycles. The maximum Gasteiger partial charge on any atom is 0.159 e. The van der Waals surface area contributed by atoms with Crippen LogP contribution in [0, 0.1) is 73.4 Å². The summed E-state index contributed by atoms with van der Waals surface area (Å²) in [6, 6.07) is 6.23. The molecule has 0 amide bonds. The Morgan fingerprint density at radius 1 is 0.893 bits per heavy atom. The minimum atomic E-state index is -1.24. The Hall–Kier alpha value is -2.13. The molecule has 1 aromatic carbocycles. The number of carbonyl (C=O) groups is 1. The van der Waals surface area contributed by atoms with Gasteiger partial charge in [-0.25, -0.2) is 0 Å². The summed E-state index contributed by atoms with van der Waals surface area (Å²) >= 11 is 0. The third-order valence-corrected chi connectivity index (χ3v) is 20.0. The Morgan fingerprint density at radius 2 is 1.66 bits per heavy atom. The first kappa shape index (κ1) is 38.1. The van der Waals surface area contributed by atoms with E-state index >= 15 is 4.79 Å². The molecule has 9 aliphatic rings. The van der Waals surface area contributed by atoms with E-state index in [4.69, 9.17) is 0 Å². The van der Waals surface area contributed by atoms with Crippen molar-refractivity contribution in [2.45, 2.75) is 136 Å². The van der Waals surface area contributed by atoms with Crippen LogP contribution >= 0.6 is 0 Å². The zero-order chi connectivity index (χ0) is 39.6. The van der Waals surface area contributed by atoms with Gasteiger partial charge in [0.25, 0.3) is 0 Å². The molecular formula is C49H66O7. The highest BCUT2D eigenvalue weighted by Crippen LogP contribution is 2.84. The first-order chi connectivity index (χ1) is 26.4. The third kappa shape index (κ3) is 4.20. The molecule has 6 fully saturated rings. The second kappa shape index (κ2) is 11.8. The number of fused-ring (bicyclic) bond motifs is 4. The second-order valence-corrected chi connectivity index (χ2v) is 22.2. The van der Waals surface area contributed by atoms with Crippen LogP contribution in [0.25, 0.3) is 12.2 Å².